The fraction of sp³-hybridized carbons (Fsp3) is 0.814. The number of hydrogen-bond acceptors (Lipinski definition) is 4. The molecule has 0 saturated carbocycles. The van der Waals surface area contributed by atoms with Crippen LogP contribution in [0.4, 0.5) is 0 Å². The molecule has 0 aromatic carbocycles. The molecule has 0 aliphatic carbocycles. The second-order valence-corrected chi connectivity index (χ2v) is 18.7. The fourth-order valence-electron chi connectivity index (χ4n) is 8.13. The lowest BCUT2D eigenvalue weighted by Gasteiger charge is -2.16. The van der Waals surface area contributed by atoms with E-state index in [1.54, 1.807) is 0 Å². The zero-order valence-electron chi connectivity index (χ0n) is 42.3. The molecule has 1 N–H and O–H groups in total. The Morgan fingerprint density at radius 3 is 1.00 bits per heavy atom. The van der Waals surface area contributed by atoms with E-state index in [2.05, 4.69) is 74.6 Å². The van der Waals surface area contributed by atoms with Crippen LogP contribution in [0.1, 0.15) is 284 Å². The van der Waals surface area contributed by atoms with Gasteiger partial charge >= 0.3 is 5.97 Å². The summed E-state index contributed by atoms with van der Waals surface area (Å²) in [5, 5.41) is 9.67. The van der Waals surface area contributed by atoms with Crippen LogP contribution in [0, 0.1) is 0 Å². The van der Waals surface area contributed by atoms with E-state index in [4.69, 9.17) is 9.47 Å². The quantitative estimate of drug-likeness (QED) is 0.0376. The molecule has 63 heavy (non-hydrogen) atoms. The van der Waals surface area contributed by atoms with Crippen molar-refractivity contribution in [2.24, 2.45) is 0 Å². The van der Waals surface area contributed by atoms with Crippen LogP contribution in [0.15, 0.2) is 60.8 Å². The van der Waals surface area contributed by atoms with Gasteiger partial charge in [0, 0.05) is 13.0 Å². The van der Waals surface area contributed by atoms with E-state index in [1.165, 1.54) is 225 Å². The Labute approximate surface area is 394 Å². The highest BCUT2D eigenvalue weighted by molar-refractivity contribution is 5.69. The molecule has 0 aliphatic heterocycles. The summed E-state index contributed by atoms with van der Waals surface area (Å²) in [6, 6.07) is 0. The van der Waals surface area contributed by atoms with E-state index < -0.39 is 6.10 Å². The number of ether oxygens (including phenoxy) is 2. The summed E-state index contributed by atoms with van der Waals surface area (Å²) in [6.07, 6.45) is 76.1. The number of carbonyl (C=O) groups is 1. The Morgan fingerprint density at radius 2 is 0.667 bits per heavy atom. The standard InChI is InChI=1S/C59H108O4/c1-3-5-7-9-11-13-15-17-19-21-23-25-27-29-31-33-35-37-39-41-43-45-47-49-51-53-55-62-57-58(56-60)63-59(61)54-52-50-48-46-44-42-40-38-36-34-32-30-28-26-24-22-20-18-16-14-12-10-8-6-4-2/h15-18,21-24,27,29,58,60H,3-14,19-20,25-26,28,30-57H2,1-2H3/b17-15-,18-16-,23-21-,24-22-,29-27-. The molecule has 0 amide bonds. The smallest absolute Gasteiger partial charge is 0.306 e. The second-order valence-electron chi connectivity index (χ2n) is 18.7. The number of esters is 1. The van der Waals surface area contributed by atoms with Crippen molar-refractivity contribution < 1.29 is 19.4 Å². The van der Waals surface area contributed by atoms with Gasteiger partial charge in [-0.25, -0.2) is 0 Å². The van der Waals surface area contributed by atoms with E-state index in [0.29, 0.717) is 19.6 Å². The topological polar surface area (TPSA) is 55.8 Å². The third-order valence-electron chi connectivity index (χ3n) is 12.3. The molecule has 0 bridgehead atoms. The Balaban J connectivity index is 3.41. The predicted molar refractivity (Wildman–Crippen MR) is 279 cm³/mol. The Morgan fingerprint density at radius 1 is 0.381 bits per heavy atom. The minimum Gasteiger partial charge on any atom is -0.457 e. The highest BCUT2D eigenvalue weighted by atomic mass is 16.6. The van der Waals surface area contributed by atoms with Crippen molar-refractivity contribution in [3.05, 3.63) is 60.8 Å². The molecule has 4 heteroatoms. The molecule has 0 aromatic heterocycles. The average molecular weight is 882 g/mol. The molecule has 0 saturated heterocycles. The van der Waals surface area contributed by atoms with Crippen LogP contribution in [-0.2, 0) is 14.3 Å². The van der Waals surface area contributed by atoms with Crippen LogP contribution in [0.3, 0.4) is 0 Å². The molecule has 0 fully saturated rings. The first-order valence-corrected chi connectivity index (χ1v) is 27.9. The Kier molecular flexibility index (Phi) is 54.5. The molecule has 1 atom stereocenters. The Bertz CT molecular complexity index is 1020. The van der Waals surface area contributed by atoms with Crippen molar-refractivity contribution >= 4 is 5.97 Å². The largest absolute Gasteiger partial charge is 0.457 e. The number of rotatable bonds is 52. The van der Waals surface area contributed by atoms with Crippen LogP contribution in [0.2, 0.25) is 0 Å². The molecular formula is C59H108O4. The van der Waals surface area contributed by atoms with E-state index >= 15 is 0 Å². The van der Waals surface area contributed by atoms with Gasteiger partial charge in [-0.1, -0.05) is 254 Å². The zero-order chi connectivity index (χ0) is 45.5. The first kappa shape index (κ1) is 61.1. The van der Waals surface area contributed by atoms with Crippen molar-refractivity contribution in [1.29, 1.82) is 0 Å². The lowest BCUT2D eigenvalue weighted by atomic mass is 10.0. The Hall–Kier alpha value is -1.91. The average Bonchev–Trinajstić information content (AvgIpc) is 3.29. The van der Waals surface area contributed by atoms with Gasteiger partial charge in [-0.05, 0) is 83.5 Å². The van der Waals surface area contributed by atoms with Gasteiger partial charge in [-0.3, -0.25) is 4.79 Å². The predicted octanol–water partition coefficient (Wildman–Crippen LogP) is 19.1. The molecule has 1 unspecified atom stereocenters. The molecule has 4 nitrogen and oxygen atoms in total. The summed E-state index contributed by atoms with van der Waals surface area (Å²) in [5.41, 5.74) is 0. The highest BCUT2D eigenvalue weighted by Gasteiger charge is 2.13. The van der Waals surface area contributed by atoms with Crippen molar-refractivity contribution in [1.82, 2.24) is 0 Å². The monoisotopic (exact) mass is 881 g/mol. The van der Waals surface area contributed by atoms with Crippen molar-refractivity contribution in [3.8, 4) is 0 Å². The van der Waals surface area contributed by atoms with Crippen molar-refractivity contribution in [3.63, 3.8) is 0 Å². The first-order chi connectivity index (χ1) is 31.2. The number of carbonyl (C=O) groups excluding carboxylic acids is 1. The van der Waals surface area contributed by atoms with Crippen LogP contribution < -0.4 is 0 Å². The molecular weight excluding hydrogens is 773 g/mol. The lowest BCUT2D eigenvalue weighted by Crippen LogP contribution is -2.27. The van der Waals surface area contributed by atoms with Crippen LogP contribution in [-0.4, -0.2) is 37.0 Å². The summed E-state index contributed by atoms with van der Waals surface area (Å²) < 4.78 is 11.2. The molecule has 0 aromatic rings. The summed E-state index contributed by atoms with van der Waals surface area (Å²) in [5.74, 6) is -0.200. The van der Waals surface area contributed by atoms with E-state index in [-0.39, 0.29) is 12.6 Å². The summed E-state index contributed by atoms with van der Waals surface area (Å²) in [4.78, 5) is 12.3. The molecule has 0 heterocycles. The third kappa shape index (κ3) is 54.3. The van der Waals surface area contributed by atoms with Gasteiger partial charge in [0.05, 0.1) is 13.2 Å². The number of unbranched alkanes of at least 4 members (excludes halogenated alkanes) is 34. The maximum atomic E-state index is 12.3. The van der Waals surface area contributed by atoms with Crippen LogP contribution in [0.5, 0.6) is 0 Å². The van der Waals surface area contributed by atoms with Gasteiger partial charge in [-0.15, -0.1) is 0 Å². The minimum absolute atomic E-state index is 0.173. The van der Waals surface area contributed by atoms with Crippen LogP contribution >= 0.6 is 0 Å². The number of aliphatic hydroxyl groups excluding tert-OH is 1. The molecule has 0 radical (unpaired) electrons. The van der Waals surface area contributed by atoms with Gasteiger partial charge < -0.3 is 14.6 Å². The van der Waals surface area contributed by atoms with Gasteiger partial charge in [0.2, 0.25) is 0 Å². The van der Waals surface area contributed by atoms with E-state index in [0.717, 1.165) is 38.5 Å². The molecule has 368 valence electrons. The normalized spacial score (nSPS) is 12.7. The molecule has 0 spiro atoms. The minimum atomic E-state index is -0.539. The first-order valence-electron chi connectivity index (χ1n) is 27.9. The zero-order valence-corrected chi connectivity index (χ0v) is 42.3. The number of allylic oxidation sites excluding steroid dienone is 10. The number of aliphatic hydroxyl groups is 1. The van der Waals surface area contributed by atoms with Crippen molar-refractivity contribution in [2.75, 3.05) is 19.8 Å². The van der Waals surface area contributed by atoms with Gasteiger partial charge in [0.25, 0.3) is 0 Å². The SMILES string of the molecule is CCCCCCC/C=C\C/C=C\C/C=C\CCCCCCCCCCCCCOCC(CO)OC(=O)CCCCCCCCCCCCCCC/C=C\C/C=C\CCCCCCC. The molecule has 0 aliphatic rings. The van der Waals surface area contributed by atoms with Gasteiger partial charge in [0.15, 0.2) is 0 Å². The van der Waals surface area contributed by atoms with Gasteiger partial charge in [0.1, 0.15) is 6.10 Å². The molecule has 0 rings (SSSR count). The van der Waals surface area contributed by atoms with Crippen LogP contribution in [0.25, 0.3) is 0 Å². The fourth-order valence-corrected chi connectivity index (χ4v) is 8.13. The lowest BCUT2D eigenvalue weighted by molar-refractivity contribution is -0.154. The highest BCUT2D eigenvalue weighted by Crippen LogP contribution is 2.16. The third-order valence-corrected chi connectivity index (χ3v) is 12.3. The second kappa shape index (κ2) is 56.2. The number of hydrogen-bond donors (Lipinski definition) is 1. The van der Waals surface area contributed by atoms with Gasteiger partial charge in [-0.2, -0.15) is 0 Å². The van der Waals surface area contributed by atoms with E-state index in [9.17, 15) is 9.90 Å². The van der Waals surface area contributed by atoms with E-state index in [1.807, 2.05) is 0 Å². The summed E-state index contributed by atoms with van der Waals surface area (Å²) in [6.45, 7) is 5.35. The maximum absolute atomic E-state index is 12.3. The summed E-state index contributed by atoms with van der Waals surface area (Å²) >= 11 is 0. The van der Waals surface area contributed by atoms with Crippen molar-refractivity contribution in [2.45, 2.75) is 290 Å². The maximum Gasteiger partial charge on any atom is 0.306 e. The summed E-state index contributed by atoms with van der Waals surface area (Å²) in [7, 11) is 0.